The average molecular weight is 416 g/mol. The number of hydrogen-bond donors (Lipinski definition) is 1. The number of hydrogen-bond acceptors (Lipinski definition) is 7. The summed E-state index contributed by atoms with van der Waals surface area (Å²) >= 11 is 2.21. The molecule has 4 rings (SSSR count). The standard InChI is InChI=1S/C18H13FN4O3S2/c1-10-15(11-4-6-12(19)7-5-11)23(18(25)27-10)9-14(24)20-17-22-21-16(28-17)13-3-2-8-26-13/h2-8H,9H2,1H3,(H,20,22,24). The Kier molecular flexibility index (Phi) is 4.88. The van der Waals surface area contributed by atoms with Gasteiger partial charge in [0.25, 0.3) is 0 Å². The Morgan fingerprint density at radius 3 is 2.71 bits per heavy atom. The molecule has 10 heteroatoms. The molecule has 0 saturated heterocycles. The Labute approximate surface area is 166 Å². The summed E-state index contributed by atoms with van der Waals surface area (Å²) in [6.07, 6.45) is 1.53. The van der Waals surface area contributed by atoms with E-state index in [0.717, 1.165) is 16.2 Å². The second kappa shape index (κ2) is 7.49. The van der Waals surface area contributed by atoms with Gasteiger partial charge in [0.2, 0.25) is 11.0 Å². The van der Waals surface area contributed by atoms with Gasteiger partial charge < -0.3 is 4.42 Å². The van der Waals surface area contributed by atoms with Crippen molar-refractivity contribution in [1.82, 2.24) is 14.8 Å². The van der Waals surface area contributed by atoms with Gasteiger partial charge in [0.1, 0.15) is 12.4 Å². The van der Waals surface area contributed by atoms with Crippen LogP contribution in [0.4, 0.5) is 9.52 Å². The molecule has 142 valence electrons. The van der Waals surface area contributed by atoms with Gasteiger partial charge in [-0.2, -0.15) is 0 Å². The molecule has 0 spiro atoms. The smallest absolute Gasteiger partial charge is 0.308 e. The van der Waals surface area contributed by atoms with E-state index in [4.69, 9.17) is 4.42 Å². The number of carbonyl (C=O) groups is 1. The molecular formula is C18H13FN4O3S2. The average Bonchev–Trinajstić information content (AvgIpc) is 3.38. The zero-order valence-electron chi connectivity index (χ0n) is 14.5. The maximum Gasteiger partial charge on any atom is 0.308 e. The number of aryl methyl sites for hydroxylation is 1. The van der Waals surface area contributed by atoms with Crippen LogP contribution in [0.15, 0.2) is 51.9 Å². The third-order valence-corrected chi connectivity index (χ3v) is 5.63. The van der Waals surface area contributed by atoms with E-state index < -0.39 is 5.91 Å². The fourth-order valence-corrected chi connectivity index (χ4v) is 4.28. The van der Waals surface area contributed by atoms with Crippen LogP contribution in [0, 0.1) is 12.7 Å². The molecule has 0 unspecified atom stereocenters. The SMILES string of the molecule is Cc1sc(=O)n(CC(=O)Nc2nnc(-c3ccco3)s2)c1-c1ccc(F)cc1. The number of benzene rings is 1. The van der Waals surface area contributed by atoms with Gasteiger partial charge in [0, 0.05) is 4.88 Å². The zero-order valence-corrected chi connectivity index (χ0v) is 16.1. The number of furan rings is 1. The van der Waals surface area contributed by atoms with Gasteiger partial charge in [-0.3, -0.25) is 19.5 Å². The second-order valence-corrected chi connectivity index (χ2v) is 7.95. The number of nitrogens with zero attached hydrogens (tertiary/aromatic N) is 3. The van der Waals surface area contributed by atoms with Crippen LogP contribution in [0.3, 0.4) is 0 Å². The van der Waals surface area contributed by atoms with Crippen molar-refractivity contribution in [3.05, 3.63) is 63.0 Å². The minimum absolute atomic E-state index is 0.189. The maximum absolute atomic E-state index is 13.2. The quantitative estimate of drug-likeness (QED) is 0.535. The van der Waals surface area contributed by atoms with E-state index in [1.54, 1.807) is 31.2 Å². The lowest BCUT2D eigenvalue weighted by molar-refractivity contribution is -0.116. The Morgan fingerprint density at radius 2 is 2.00 bits per heavy atom. The van der Waals surface area contributed by atoms with E-state index in [1.807, 2.05) is 0 Å². The Hall–Kier alpha value is -3.11. The van der Waals surface area contributed by atoms with E-state index in [-0.39, 0.29) is 17.2 Å². The fourth-order valence-electron chi connectivity index (χ4n) is 2.70. The van der Waals surface area contributed by atoms with Crippen LogP contribution >= 0.6 is 22.7 Å². The van der Waals surface area contributed by atoms with Crippen LogP contribution in [0.1, 0.15) is 4.88 Å². The number of anilines is 1. The van der Waals surface area contributed by atoms with E-state index in [0.29, 0.717) is 27.2 Å². The molecule has 1 N–H and O–H groups in total. The van der Waals surface area contributed by atoms with Gasteiger partial charge in [-0.15, -0.1) is 10.2 Å². The highest BCUT2D eigenvalue weighted by Crippen LogP contribution is 2.27. The van der Waals surface area contributed by atoms with E-state index in [2.05, 4.69) is 15.5 Å². The fraction of sp³-hybridized carbons (Fsp3) is 0.111. The molecule has 0 aliphatic carbocycles. The van der Waals surface area contributed by atoms with Crippen molar-refractivity contribution in [2.45, 2.75) is 13.5 Å². The van der Waals surface area contributed by atoms with Crippen molar-refractivity contribution < 1.29 is 13.6 Å². The summed E-state index contributed by atoms with van der Waals surface area (Å²) in [7, 11) is 0. The molecule has 3 heterocycles. The molecule has 0 bridgehead atoms. The van der Waals surface area contributed by atoms with Crippen LogP contribution in [0.2, 0.25) is 0 Å². The van der Waals surface area contributed by atoms with Gasteiger partial charge in [-0.25, -0.2) is 4.39 Å². The number of thiazole rings is 1. The molecular weight excluding hydrogens is 403 g/mol. The van der Waals surface area contributed by atoms with Crippen molar-refractivity contribution in [3.8, 4) is 22.0 Å². The second-order valence-electron chi connectivity index (χ2n) is 5.80. The number of nitrogens with one attached hydrogen (secondary N) is 1. The van der Waals surface area contributed by atoms with Gasteiger partial charge in [-0.1, -0.05) is 22.7 Å². The normalized spacial score (nSPS) is 10.9. The molecule has 0 fully saturated rings. The van der Waals surface area contributed by atoms with Crippen molar-refractivity contribution in [2.24, 2.45) is 0 Å². The molecule has 0 atom stereocenters. The lowest BCUT2D eigenvalue weighted by atomic mass is 10.1. The first-order valence-corrected chi connectivity index (χ1v) is 9.78. The Balaban J connectivity index is 1.55. The van der Waals surface area contributed by atoms with Gasteiger partial charge >= 0.3 is 4.87 Å². The van der Waals surface area contributed by atoms with Crippen molar-refractivity contribution in [1.29, 1.82) is 0 Å². The summed E-state index contributed by atoms with van der Waals surface area (Å²) < 4.78 is 19.8. The summed E-state index contributed by atoms with van der Waals surface area (Å²) in [5.74, 6) is -0.224. The predicted octanol–water partition coefficient (Wildman–Crippen LogP) is 3.77. The molecule has 1 aromatic carbocycles. The number of halogens is 1. The summed E-state index contributed by atoms with van der Waals surface area (Å²) in [5, 5.41) is 11.4. The molecule has 7 nitrogen and oxygen atoms in total. The minimum atomic E-state index is -0.412. The van der Waals surface area contributed by atoms with Gasteiger partial charge in [0.05, 0.1) is 12.0 Å². The summed E-state index contributed by atoms with van der Waals surface area (Å²) in [6, 6.07) is 9.28. The predicted molar refractivity (Wildman–Crippen MR) is 105 cm³/mol. The van der Waals surface area contributed by atoms with Crippen molar-refractivity contribution in [2.75, 3.05) is 5.32 Å². The monoisotopic (exact) mass is 416 g/mol. The molecule has 28 heavy (non-hydrogen) atoms. The minimum Gasteiger partial charge on any atom is -0.462 e. The van der Waals surface area contributed by atoms with E-state index in [9.17, 15) is 14.0 Å². The zero-order chi connectivity index (χ0) is 19.7. The third kappa shape index (κ3) is 3.64. The third-order valence-electron chi connectivity index (χ3n) is 3.89. The van der Waals surface area contributed by atoms with Crippen LogP contribution < -0.4 is 10.2 Å². The number of carbonyl (C=O) groups excluding carboxylic acids is 1. The maximum atomic E-state index is 13.2. The first-order chi connectivity index (χ1) is 13.5. The number of aromatic nitrogens is 3. The Morgan fingerprint density at radius 1 is 1.21 bits per heavy atom. The molecule has 1 amide bonds. The molecule has 0 aliphatic heterocycles. The largest absolute Gasteiger partial charge is 0.462 e. The van der Waals surface area contributed by atoms with Crippen LogP contribution in [0.5, 0.6) is 0 Å². The lowest BCUT2D eigenvalue weighted by Gasteiger charge is -2.08. The van der Waals surface area contributed by atoms with E-state index >= 15 is 0 Å². The van der Waals surface area contributed by atoms with Crippen LogP contribution in [-0.2, 0) is 11.3 Å². The highest BCUT2D eigenvalue weighted by molar-refractivity contribution is 7.18. The van der Waals surface area contributed by atoms with Gasteiger partial charge in [-0.05, 0) is 48.9 Å². The first-order valence-electron chi connectivity index (χ1n) is 8.14. The molecule has 3 aromatic heterocycles. The summed E-state index contributed by atoms with van der Waals surface area (Å²) in [5.41, 5.74) is 1.26. The summed E-state index contributed by atoms with van der Waals surface area (Å²) in [6.45, 7) is 1.60. The molecule has 0 saturated carbocycles. The molecule has 0 radical (unpaired) electrons. The Bertz CT molecular complexity index is 1180. The molecule has 4 aromatic rings. The van der Waals surface area contributed by atoms with Crippen LogP contribution in [0.25, 0.3) is 22.0 Å². The van der Waals surface area contributed by atoms with Gasteiger partial charge in [0.15, 0.2) is 10.8 Å². The highest BCUT2D eigenvalue weighted by atomic mass is 32.1. The lowest BCUT2D eigenvalue weighted by Crippen LogP contribution is -2.25. The van der Waals surface area contributed by atoms with Crippen molar-refractivity contribution in [3.63, 3.8) is 0 Å². The topological polar surface area (TPSA) is 90.0 Å². The van der Waals surface area contributed by atoms with Crippen LogP contribution in [-0.4, -0.2) is 20.7 Å². The highest BCUT2D eigenvalue weighted by Gasteiger charge is 2.18. The van der Waals surface area contributed by atoms with Crippen molar-refractivity contribution >= 4 is 33.7 Å². The first kappa shape index (κ1) is 18.3. The number of amides is 1. The molecule has 0 aliphatic rings. The number of rotatable bonds is 5. The summed E-state index contributed by atoms with van der Waals surface area (Å²) in [4.78, 5) is 25.3. The van der Waals surface area contributed by atoms with E-state index in [1.165, 1.54) is 34.3 Å².